The van der Waals surface area contributed by atoms with Crippen molar-refractivity contribution in [1.29, 1.82) is 0 Å². The lowest BCUT2D eigenvalue weighted by atomic mass is 9.79. The molecule has 1 N–H and O–H groups in total. The van der Waals surface area contributed by atoms with Gasteiger partial charge in [-0.3, -0.25) is 4.79 Å². The third kappa shape index (κ3) is 4.07. The number of carbonyl (C=O) groups excluding carboxylic acids is 1. The van der Waals surface area contributed by atoms with Gasteiger partial charge in [0.05, 0.1) is 16.8 Å². The van der Waals surface area contributed by atoms with Gasteiger partial charge in [-0.1, -0.05) is 36.7 Å². The summed E-state index contributed by atoms with van der Waals surface area (Å²) in [6.45, 7) is 11.4. The monoisotopic (exact) mass is 397 g/mol. The van der Waals surface area contributed by atoms with E-state index in [1.807, 2.05) is 6.07 Å². The molecular formula is C23H28ClN3O. The number of nitrogens with zero attached hydrogens (tertiary/aromatic N) is 2. The Hall–Kier alpha value is -2.33. The molecule has 148 valence electrons. The Bertz CT molecular complexity index is 904. The topological polar surface area (TPSA) is 44.7 Å². The van der Waals surface area contributed by atoms with Gasteiger partial charge in [0.1, 0.15) is 0 Å². The quantitative estimate of drug-likeness (QED) is 0.538. The fourth-order valence-electron chi connectivity index (χ4n) is 4.40. The van der Waals surface area contributed by atoms with Gasteiger partial charge in [-0.05, 0) is 75.4 Å². The molecule has 4 nitrogen and oxygen atoms in total. The Balaban J connectivity index is 1.80. The molecular weight excluding hydrogens is 370 g/mol. The van der Waals surface area contributed by atoms with Crippen LogP contribution < -0.4 is 10.3 Å². The van der Waals surface area contributed by atoms with Gasteiger partial charge in [0.15, 0.2) is 0 Å². The van der Waals surface area contributed by atoms with Crippen molar-refractivity contribution in [3.8, 4) is 0 Å². The molecule has 0 saturated heterocycles. The zero-order valence-electron chi connectivity index (χ0n) is 17.2. The van der Waals surface area contributed by atoms with E-state index in [1.54, 1.807) is 30.5 Å². The van der Waals surface area contributed by atoms with Crippen LogP contribution in [0.1, 0.15) is 68.4 Å². The molecule has 1 amide bonds. The van der Waals surface area contributed by atoms with Gasteiger partial charge in [0.2, 0.25) is 0 Å². The summed E-state index contributed by atoms with van der Waals surface area (Å²) in [5.74, 6) is 0.145. The number of carbonyl (C=O) groups is 1. The normalized spacial score (nSPS) is 18.4. The molecule has 0 radical (unpaired) electrons. The maximum Gasteiger partial charge on any atom is 0.272 e. The van der Waals surface area contributed by atoms with Gasteiger partial charge in [-0.25, -0.2) is 5.43 Å². The van der Waals surface area contributed by atoms with E-state index >= 15 is 0 Å². The molecule has 0 spiro atoms. The highest BCUT2D eigenvalue weighted by atomic mass is 35.5. The van der Waals surface area contributed by atoms with E-state index < -0.39 is 0 Å². The average Bonchev–Trinajstić information content (AvgIpc) is 2.61. The van der Waals surface area contributed by atoms with E-state index in [4.69, 9.17) is 11.6 Å². The van der Waals surface area contributed by atoms with Gasteiger partial charge in [0, 0.05) is 17.3 Å². The Labute approximate surface area is 172 Å². The second-order valence-corrected chi connectivity index (χ2v) is 8.79. The van der Waals surface area contributed by atoms with Crippen LogP contribution in [0, 0.1) is 0 Å². The van der Waals surface area contributed by atoms with Crippen LogP contribution in [0.2, 0.25) is 5.02 Å². The minimum Gasteiger partial charge on any atom is -0.364 e. The molecule has 28 heavy (non-hydrogen) atoms. The summed E-state index contributed by atoms with van der Waals surface area (Å²) in [5, 5.41) is 4.53. The van der Waals surface area contributed by atoms with Crippen molar-refractivity contribution in [1.82, 2.24) is 5.43 Å². The number of hydrogen-bond donors (Lipinski definition) is 1. The number of nitrogens with one attached hydrogen (secondary N) is 1. The highest BCUT2D eigenvalue weighted by molar-refractivity contribution is 6.33. The molecule has 0 saturated carbocycles. The first kappa shape index (κ1) is 20.4. The lowest BCUT2D eigenvalue weighted by Gasteiger charge is -2.50. The Kier molecular flexibility index (Phi) is 5.80. The van der Waals surface area contributed by atoms with Crippen LogP contribution in [0.3, 0.4) is 0 Å². The predicted molar refractivity (Wildman–Crippen MR) is 118 cm³/mol. The molecule has 5 heteroatoms. The third-order valence-corrected chi connectivity index (χ3v) is 5.64. The zero-order valence-corrected chi connectivity index (χ0v) is 17.9. The van der Waals surface area contributed by atoms with Crippen molar-refractivity contribution in [2.45, 2.75) is 58.5 Å². The van der Waals surface area contributed by atoms with Gasteiger partial charge >= 0.3 is 0 Å². The molecule has 0 aromatic heterocycles. The third-order valence-electron chi connectivity index (χ3n) is 5.31. The highest BCUT2D eigenvalue weighted by Crippen LogP contribution is 2.44. The van der Waals surface area contributed by atoms with Crippen molar-refractivity contribution >= 4 is 29.4 Å². The first-order chi connectivity index (χ1) is 13.2. The summed E-state index contributed by atoms with van der Waals surface area (Å²) in [5.41, 5.74) is 6.67. The van der Waals surface area contributed by atoms with Gasteiger partial charge in [-0.15, -0.1) is 0 Å². The average molecular weight is 398 g/mol. The van der Waals surface area contributed by atoms with E-state index in [-0.39, 0.29) is 11.4 Å². The van der Waals surface area contributed by atoms with Crippen molar-refractivity contribution in [3.63, 3.8) is 0 Å². The number of anilines is 1. The van der Waals surface area contributed by atoms with Crippen molar-refractivity contribution in [2.24, 2.45) is 5.10 Å². The number of rotatable bonds is 4. The number of hydrazone groups is 1. The highest BCUT2D eigenvalue weighted by Gasteiger charge is 2.37. The smallest absolute Gasteiger partial charge is 0.272 e. The lowest BCUT2D eigenvalue weighted by Crippen LogP contribution is -2.51. The molecule has 1 heterocycles. The molecule has 2 aromatic rings. The Morgan fingerprint density at radius 3 is 2.68 bits per heavy atom. The Morgan fingerprint density at radius 2 is 2.00 bits per heavy atom. The SMILES string of the molecule is CC(C)N1c2ccc(/C=N\NC(=O)c3ccccc3Cl)cc2[C@@H](C)CC1(C)C. The molecule has 0 unspecified atom stereocenters. The molecule has 0 fully saturated rings. The Morgan fingerprint density at radius 1 is 1.29 bits per heavy atom. The summed E-state index contributed by atoms with van der Waals surface area (Å²) in [6, 6.07) is 13.8. The van der Waals surface area contributed by atoms with Crippen molar-refractivity contribution in [2.75, 3.05) is 4.90 Å². The number of amides is 1. The molecule has 1 aliphatic rings. The van der Waals surface area contributed by atoms with Gasteiger partial charge < -0.3 is 4.90 Å². The summed E-state index contributed by atoms with van der Waals surface area (Å²) in [4.78, 5) is 14.7. The molecule has 1 atom stereocenters. The van der Waals surface area contributed by atoms with Crippen LogP contribution in [0.5, 0.6) is 0 Å². The van der Waals surface area contributed by atoms with Crippen LogP contribution >= 0.6 is 11.6 Å². The first-order valence-corrected chi connectivity index (χ1v) is 10.1. The minimum absolute atomic E-state index is 0.124. The second kappa shape index (κ2) is 7.96. The second-order valence-electron chi connectivity index (χ2n) is 8.38. The molecule has 1 aliphatic heterocycles. The van der Waals surface area contributed by atoms with Crippen LogP contribution in [0.25, 0.3) is 0 Å². The van der Waals surface area contributed by atoms with E-state index in [0.717, 1.165) is 12.0 Å². The molecule has 0 bridgehead atoms. The van der Waals surface area contributed by atoms with Crippen LogP contribution in [-0.4, -0.2) is 23.7 Å². The number of benzene rings is 2. The lowest BCUT2D eigenvalue weighted by molar-refractivity contribution is 0.0955. The summed E-state index contributed by atoms with van der Waals surface area (Å²) < 4.78 is 0. The number of halogens is 1. The largest absolute Gasteiger partial charge is 0.364 e. The standard InChI is InChI=1S/C23H28ClN3O/c1-15(2)27-21-11-10-17(12-19(21)16(3)13-23(27,4)5)14-25-26-22(28)18-8-6-7-9-20(18)24/h6-12,14-16H,13H2,1-5H3,(H,26,28)/b25-14-/t16-/m0/s1. The molecule has 0 aliphatic carbocycles. The van der Waals surface area contributed by atoms with E-state index in [2.05, 4.69) is 62.2 Å². The molecule has 3 rings (SSSR count). The predicted octanol–water partition coefficient (Wildman–Crippen LogP) is 5.60. The van der Waals surface area contributed by atoms with Crippen LogP contribution in [0.4, 0.5) is 5.69 Å². The van der Waals surface area contributed by atoms with Crippen molar-refractivity contribution in [3.05, 3.63) is 64.2 Å². The fraction of sp³-hybridized carbons (Fsp3) is 0.391. The fourth-order valence-corrected chi connectivity index (χ4v) is 4.62. The van der Waals surface area contributed by atoms with Gasteiger partial charge in [-0.2, -0.15) is 5.10 Å². The number of hydrogen-bond acceptors (Lipinski definition) is 3. The first-order valence-electron chi connectivity index (χ1n) is 9.72. The summed E-state index contributed by atoms with van der Waals surface area (Å²) in [6.07, 6.45) is 2.78. The van der Waals surface area contributed by atoms with Crippen molar-refractivity contribution < 1.29 is 4.79 Å². The maximum atomic E-state index is 12.2. The van der Waals surface area contributed by atoms with Gasteiger partial charge in [0.25, 0.3) is 5.91 Å². The zero-order chi connectivity index (χ0) is 20.5. The number of fused-ring (bicyclic) bond motifs is 1. The van der Waals surface area contributed by atoms with E-state index in [9.17, 15) is 4.79 Å². The van der Waals surface area contributed by atoms with E-state index in [1.165, 1.54) is 11.3 Å². The maximum absolute atomic E-state index is 12.2. The van der Waals surface area contributed by atoms with Crippen LogP contribution in [0.15, 0.2) is 47.6 Å². The van der Waals surface area contributed by atoms with Crippen LogP contribution in [-0.2, 0) is 0 Å². The minimum atomic E-state index is -0.319. The summed E-state index contributed by atoms with van der Waals surface area (Å²) >= 11 is 6.06. The van der Waals surface area contributed by atoms with E-state index in [0.29, 0.717) is 22.5 Å². The summed E-state index contributed by atoms with van der Waals surface area (Å²) in [7, 11) is 0. The molecule has 2 aromatic carbocycles.